The Morgan fingerprint density at radius 1 is 0.758 bits per heavy atom. The molecule has 1 heterocycles. The number of nitrogens with one attached hydrogen (secondary N) is 1. The van der Waals surface area contributed by atoms with Gasteiger partial charge >= 0.3 is 23.9 Å². The molecule has 0 fully saturated rings. The van der Waals surface area contributed by atoms with Crippen molar-refractivity contribution in [2.75, 3.05) is 33.5 Å². The summed E-state index contributed by atoms with van der Waals surface area (Å²) >= 11 is 0. The van der Waals surface area contributed by atoms with Crippen LogP contribution in [0.1, 0.15) is 50.8 Å². The Bertz CT molecular complexity index is 975. The molecule has 10 heteroatoms. The van der Waals surface area contributed by atoms with E-state index in [1.54, 1.807) is 39.8 Å². The van der Waals surface area contributed by atoms with Gasteiger partial charge in [0, 0.05) is 22.2 Å². The third-order valence-corrected chi connectivity index (χ3v) is 4.73. The fourth-order valence-corrected chi connectivity index (χ4v) is 3.44. The maximum Gasteiger partial charge on any atom is 0.326 e. The smallest absolute Gasteiger partial charge is 0.326 e. The average molecular weight is 463 g/mol. The van der Waals surface area contributed by atoms with Crippen molar-refractivity contribution in [3.63, 3.8) is 0 Å². The Balaban J connectivity index is 2.74. The highest BCUT2D eigenvalue weighted by atomic mass is 16.6. The molecule has 0 saturated carbocycles. The highest BCUT2D eigenvalue weighted by Gasteiger charge is 2.38. The molecule has 0 atom stereocenters. The van der Waals surface area contributed by atoms with E-state index < -0.39 is 35.7 Å². The topological polar surface area (TPSA) is 130 Å². The molecule has 1 aromatic heterocycles. The van der Waals surface area contributed by atoms with E-state index in [0.717, 1.165) is 0 Å². The van der Waals surface area contributed by atoms with Crippen LogP contribution in [0.5, 0.6) is 5.75 Å². The van der Waals surface area contributed by atoms with Gasteiger partial charge in [-0.3, -0.25) is 19.2 Å². The highest BCUT2D eigenvalue weighted by molar-refractivity contribution is 6.07. The monoisotopic (exact) mass is 463 g/mol. The molecular weight excluding hydrogens is 434 g/mol. The molecule has 0 bridgehead atoms. The molecule has 0 radical (unpaired) electrons. The lowest BCUT2D eigenvalue weighted by Crippen LogP contribution is -2.27. The molecule has 0 unspecified atom stereocenters. The minimum absolute atomic E-state index is 0.0548. The largest absolute Gasteiger partial charge is 0.496 e. The van der Waals surface area contributed by atoms with Crippen LogP contribution in [0.3, 0.4) is 0 Å². The number of carbonyl (C=O) groups excluding carboxylic acids is 4. The van der Waals surface area contributed by atoms with E-state index in [-0.39, 0.29) is 43.4 Å². The number of esters is 4. The first kappa shape index (κ1) is 25.7. The lowest BCUT2D eigenvalue weighted by molar-refractivity contribution is -0.158. The second-order valence-corrected chi connectivity index (χ2v) is 6.74. The Morgan fingerprint density at radius 2 is 1.21 bits per heavy atom. The molecule has 0 saturated heterocycles. The number of aromatic amines is 1. The molecule has 0 spiro atoms. The third kappa shape index (κ3) is 5.63. The molecule has 1 aromatic carbocycles. The molecule has 10 nitrogen and oxygen atoms in total. The Labute approximate surface area is 191 Å². The van der Waals surface area contributed by atoms with Gasteiger partial charge in [0.2, 0.25) is 0 Å². The van der Waals surface area contributed by atoms with Crippen molar-refractivity contribution in [2.24, 2.45) is 0 Å². The average Bonchev–Trinajstić information content (AvgIpc) is 3.18. The van der Waals surface area contributed by atoms with Crippen molar-refractivity contribution < 1.29 is 42.9 Å². The molecule has 1 N–H and O–H groups in total. The predicted molar refractivity (Wildman–Crippen MR) is 117 cm³/mol. The van der Waals surface area contributed by atoms with Crippen LogP contribution in [-0.4, -0.2) is 62.4 Å². The number of benzene rings is 1. The summed E-state index contributed by atoms with van der Waals surface area (Å²) in [6.07, 6.45) is 0. The second kappa shape index (κ2) is 11.9. The second-order valence-electron chi connectivity index (χ2n) is 6.74. The number of hydrogen-bond donors (Lipinski definition) is 1. The number of methoxy groups -OCH3 is 1. The van der Waals surface area contributed by atoms with E-state index in [2.05, 4.69) is 4.98 Å². The van der Waals surface area contributed by atoms with Gasteiger partial charge < -0.3 is 28.7 Å². The quantitative estimate of drug-likeness (QED) is 0.303. The third-order valence-electron chi connectivity index (χ3n) is 4.73. The van der Waals surface area contributed by atoms with Crippen LogP contribution in [0.4, 0.5) is 0 Å². The molecule has 0 aliphatic rings. The Hall–Kier alpha value is -3.56. The van der Waals surface area contributed by atoms with Crippen molar-refractivity contribution >= 4 is 34.8 Å². The number of hydrogen-bond acceptors (Lipinski definition) is 9. The van der Waals surface area contributed by atoms with Crippen LogP contribution in [0, 0.1) is 0 Å². The number of rotatable bonds is 11. The summed E-state index contributed by atoms with van der Waals surface area (Å²) in [6, 6.07) is 4.70. The number of H-pyrrole nitrogens is 1. The van der Waals surface area contributed by atoms with E-state index in [1.165, 1.54) is 13.2 Å². The zero-order chi connectivity index (χ0) is 24.5. The summed E-state index contributed by atoms with van der Waals surface area (Å²) in [4.78, 5) is 53.6. The van der Waals surface area contributed by atoms with Gasteiger partial charge in [-0.05, 0) is 45.9 Å². The zero-order valence-electron chi connectivity index (χ0n) is 19.4. The lowest BCUT2D eigenvalue weighted by atomic mass is 9.94. The van der Waals surface area contributed by atoms with Gasteiger partial charge in [-0.2, -0.15) is 0 Å². The minimum atomic E-state index is -1.43. The first-order valence-electron chi connectivity index (χ1n) is 10.7. The van der Waals surface area contributed by atoms with Gasteiger partial charge in [0.05, 0.1) is 33.5 Å². The molecule has 2 aromatic rings. The summed E-state index contributed by atoms with van der Waals surface area (Å²) in [5, 5.41) is 0.383. The van der Waals surface area contributed by atoms with Gasteiger partial charge in [0.1, 0.15) is 5.75 Å². The molecule has 0 aliphatic heterocycles. The predicted octanol–water partition coefficient (Wildman–Crippen LogP) is 2.60. The highest BCUT2D eigenvalue weighted by Crippen LogP contribution is 2.37. The molecule has 2 rings (SSSR count). The maximum absolute atomic E-state index is 12.8. The summed E-state index contributed by atoms with van der Waals surface area (Å²) in [5.41, 5.74) is 0.835. The van der Waals surface area contributed by atoms with E-state index in [1.807, 2.05) is 0 Å². The summed E-state index contributed by atoms with van der Waals surface area (Å²) < 4.78 is 25.8. The number of ether oxygens (including phenoxy) is 5. The van der Waals surface area contributed by atoms with Crippen molar-refractivity contribution in [1.29, 1.82) is 0 Å². The lowest BCUT2D eigenvalue weighted by Gasteiger charge is -2.18. The van der Waals surface area contributed by atoms with Crippen molar-refractivity contribution in [3.05, 3.63) is 29.5 Å². The first-order valence-corrected chi connectivity index (χ1v) is 10.7. The molecular formula is C23H29NO9. The van der Waals surface area contributed by atoms with Crippen LogP contribution >= 0.6 is 0 Å². The fourth-order valence-electron chi connectivity index (χ4n) is 3.44. The number of fused-ring (bicyclic) bond motifs is 1. The zero-order valence-corrected chi connectivity index (χ0v) is 19.4. The van der Waals surface area contributed by atoms with Crippen LogP contribution in [-0.2, 0) is 38.1 Å². The molecule has 180 valence electrons. The SMILES string of the molecule is CCOC(=O)C(C(=O)OCC)c1cc2c(C(C(=O)OCC)C(=O)OCC)c(OC)ccc2[nH]1. The summed E-state index contributed by atoms with van der Waals surface area (Å²) in [5.74, 6) is -5.76. The first-order chi connectivity index (χ1) is 15.8. The molecule has 33 heavy (non-hydrogen) atoms. The van der Waals surface area contributed by atoms with E-state index >= 15 is 0 Å². The van der Waals surface area contributed by atoms with E-state index in [9.17, 15) is 19.2 Å². The molecule has 0 aliphatic carbocycles. The van der Waals surface area contributed by atoms with Gasteiger partial charge in [0.15, 0.2) is 11.8 Å². The van der Waals surface area contributed by atoms with Crippen LogP contribution in [0.15, 0.2) is 18.2 Å². The van der Waals surface area contributed by atoms with Crippen LogP contribution < -0.4 is 4.74 Å². The standard InChI is InChI=1S/C23H29NO9/c1-6-30-20(25)18(21(26)31-7-2)15-12-13-14(24-15)10-11-16(29-5)17(13)19(22(27)32-8-3)23(28)33-9-4/h10-12,18-19,24H,6-9H2,1-5H3. The van der Waals surface area contributed by atoms with Crippen LogP contribution in [0.25, 0.3) is 10.9 Å². The molecule has 0 amide bonds. The minimum Gasteiger partial charge on any atom is -0.496 e. The number of carbonyl (C=O) groups is 4. The Kier molecular flexibility index (Phi) is 9.26. The Morgan fingerprint density at radius 3 is 1.64 bits per heavy atom. The fraction of sp³-hybridized carbons (Fsp3) is 0.478. The van der Waals surface area contributed by atoms with Crippen molar-refractivity contribution in [1.82, 2.24) is 4.98 Å². The number of aromatic nitrogens is 1. The van der Waals surface area contributed by atoms with Gasteiger partial charge in [-0.15, -0.1) is 0 Å². The van der Waals surface area contributed by atoms with Crippen LogP contribution in [0.2, 0.25) is 0 Å². The van der Waals surface area contributed by atoms with Gasteiger partial charge in [0.25, 0.3) is 0 Å². The van der Waals surface area contributed by atoms with Gasteiger partial charge in [-0.25, -0.2) is 0 Å². The summed E-state index contributed by atoms with van der Waals surface area (Å²) in [7, 11) is 1.39. The maximum atomic E-state index is 12.8. The van der Waals surface area contributed by atoms with E-state index in [0.29, 0.717) is 10.9 Å². The van der Waals surface area contributed by atoms with Gasteiger partial charge in [-0.1, -0.05) is 0 Å². The van der Waals surface area contributed by atoms with Crippen molar-refractivity contribution in [3.8, 4) is 5.75 Å². The normalized spacial score (nSPS) is 10.9. The van der Waals surface area contributed by atoms with Crippen molar-refractivity contribution in [2.45, 2.75) is 39.5 Å². The summed E-state index contributed by atoms with van der Waals surface area (Å²) in [6.45, 7) is 6.74. The van der Waals surface area contributed by atoms with E-state index in [4.69, 9.17) is 23.7 Å².